The van der Waals surface area contributed by atoms with E-state index in [0.29, 0.717) is 24.3 Å². The molecular formula is C28H28F2N6O2. The zero-order valence-corrected chi connectivity index (χ0v) is 20.8. The van der Waals surface area contributed by atoms with Gasteiger partial charge in [-0.1, -0.05) is 12.1 Å². The van der Waals surface area contributed by atoms with E-state index in [1.807, 2.05) is 18.2 Å². The van der Waals surface area contributed by atoms with Crippen molar-refractivity contribution in [2.75, 3.05) is 50.0 Å². The number of rotatable bonds is 5. The number of H-pyrrole nitrogens is 1. The standard InChI is InChI=1S/C28H28F2N6O2/c29-22-15-32-28(37)20-5-3-18(14-21(20)22)25-27(31)34-26(30)24(33-25)17-4-6-23(36-9-11-38-12-10-36)19(13-17)16-35-7-1-2-8-35/h3-6,13-15H,1-2,7-12,16H2,(H2,31,34)(H,32,37). The number of nitrogens with two attached hydrogens (primary N) is 1. The van der Waals surface area contributed by atoms with E-state index in [-0.39, 0.29) is 28.0 Å². The summed E-state index contributed by atoms with van der Waals surface area (Å²) in [6.45, 7) is 5.77. The maximum Gasteiger partial charge on any atom is 0.256 e. The van der Waals surface area contributed by atoms with Crippen molar-refractivity contribution < 1.29 is 13.5 Å². The Kier molecular flexibility index (Phi) is 6.50. The SMILES string of the molecule is Nc1nc(F)c(-c2ccc(N3CCOCC3)c(CN3CCCC3)c2)nc1-c1ccc2c(=O)[nH]cc(F)c2c1. The lowest BCUT2D eigenvalue weighted by molar-refractivity contribution is 0.122. The van der Waals surface area contributed by atoms with Gasteiger partial charge in [0, 0.05) is 53.4 Å². The molecule has 3 N–H and O–H groups in total. The van der Waals surface area contributed by atoms with Crippen LogP contribution in [0.2, 0.25) is 0 Å². The van der Waals surface area contributed by atoms with Crippen LogP contribution in [0, 0.1) is 11.8 Å². The van der Waals surface area contributed by atoms with Crippen molar-refractivity contribution in [2.24, 2.45) is 0 Å². The zero-order chi connectivity index (χ0) is 26.2. The van der Waals surface area contributed by atoms with Crippen LogP contribution in [-0.4, -0.2) is 59.2 Å². The van der Waals surface area contributed by atoms with Crippen molar-refractivity contribution in [3.63, 3.8) is 0 Å². The summed E-state index contributed by atoms with van der Waals surface area (Å²) in [4.78, 5) is 27.7. The van der Waals surface area contributed by atoms with Crippen LogP contribution in [0.3, 0.4) is 0 Å². The third kappa shape index (κ3) is 4.61. The topological polar surface area (TPSA) is 100 Å². The van der Waals surface area contributed by atoms with E-state index in [1.54, 1.807) is 6.07 Å². The van der Waals surface area contributed by atoms with Gasteiger partial charge in [0.25, 0.3) is 5.56 Å². The summed E-state index contributed by atoms with van der Waals surface area (Å²) in [6, 6.07) is 10.4. The van der Waals surface area contributed by atoms with E-state index in [0.717, 1.165) is 50.2 Å². The first kappa shape index (κ1) is 24.4. The molecule has 0 atom stereocenters. The number of aromatic amines is 1. The Hall–Kier alpha value is -3.89. The summed E-state index contributed by atoms with van der Waals surface area (Å²) in [6.07, 6.45) is 3.36. The average Bonchev–Trinajstić information content (AvgIpc) is 3.44. The molecule has 2 aliphatic rings. The molecule has 2 aromatic heterocycles. The van der Waals surface area contributed by atoms with Gasteiger partial charge in [0.1, 0.15) is 17.2 Å². The lowest BCUT2D eigenvalue weighted by Crippen LogP contribution is -2.37. The number of fused-ring (bicyclic) bond motifs is 1. The molecule has 0 bridgehead atoms. The number of nitrogen functional groups attached to an aromatic ring is 1. The Morgan fingerprint density at radius 1 is 0.921 bits per heavy atom. The normalized spacial score (nSPS) is 16.4. The van der Waals surface area contributed by atoms with Gasteiger partial charge in [-0.3, -0.25) is 9.69 Å². The second-order valence-corrected chi connectivity index (χ2v) is 9.75. The molecule has 2 fully saturated rings. The maximum absolute atomic E-state index is 15.2. The molecule has 2 saturated heterocycles. The minimum Gasteiger partial charge on any atom is -0.382 e. The van der Waals surface area contributed by atoms with Gasteiger partial charge in [0.05, 0.1) is 13.2 Å². The van der Waals surface area contributed by atoms with Crippen LogP contribution in [0.5, 0.6) is 0 Å². The number of hydrogen-bond donors (Lipinski definition) is 2. The van der Waals surface area contributed by atoms with Crippen LogP contribution in [0.1, 0.15) is 18.4 Å². The Morgan fingerprint density at radius 3 is 2.45 bits per heavy atom. The van der Waals surface area contributed by atoms with Crippen molar-refractivity contribution in [3.05, 3.63) is 70.3 Å². The van der Waals surface area contributed by atoms with E-state index in [2.05, 4.69) is 24.8 Å². The summed E-state index contributed by atoms with van der Waals surface area (Å²) in [7, 11) is 0. The monoisotopic (exact) mass is 518 g/mol. The number of nitrogens with zero attached hydrogens (tertiary/aromatic N) is 4. The van der Waals surface area contributed by atoms with E-state index < -0.39 is 17.3 Å². The van der Waals surface area contributed by atoms with E-state index in [9.17, 15) is 9.18 Å². The molecule has 8 nitrogen and oxygen atoms in total. The first-order valence-corrected chi connectivity index (χ1v) is 12.8. The predicted molar refractivity (Wildman–Crippen MR) is 143 cm³/mol. The fourth-order valence-electron chi connectivity index (χ4n) is 5.35. The van der Waals surface area contributed by atoms with Crippen molar-refractivity contribution in [1.29, 1.82) is 0 Å². The molecule has 0 spiro atoms. The van der Waals surface area contributed by atoms with Gasteiger partial charge in [0.15, 0.2) is 5.82 Å². The third-order valence-corrected chi connectivity index (χ3v) is 7.30. The number of morpholine rings is 1. The highest BCUT2D eigenvalue weighted by Gasteiger charge is 2.22. The lowest BCUT2D eigenvalue weighted by atomic mass is 10.0. The number of aromatic nitrogens is 3. The molecule has 4 aromatic rings. The molecule has 2 aliphatic heterocycles. The fourth-order valence-corrected chi connectivity index (χ4v) is 5.35. The van der Waals surface area contributed by atoms with Gasteiger partial charge in [-0.25, -0.2) is 9.37 Å². The van der Waals surface area contributed by atoms with Gasteiger partial charge in [0.2, 0.25) is 5.95 Å². The van der Waals surface area contributed by atoms with Crippen molar-refractivity contribution in [2.45, 2.75) is 19.4 Å². The average molecular weight is 519 g/mol. The molecule has 0 aliphatic carbocycles. The summed E-state index contributed by atoms with van der Waals surface area (Å²) >= 11 is 0. The predicted octanol–water partition coefficient (Wildman–Crippen LogP) is 3.94. The maximum atomic E-state index is 15.2. The van der Waals surface area contributed by atoms with Crippen molar-refractivity contribution >= 4 is 22.3 Å². The van der Waals surface area contributed by atoms with Gasteiger partial charge in [-0.05, 0) is 55.8 Å². The van der Waals surface area contributed by atoms with Gasteiger partial charge < -0.3 is 20.4 Å². The highest BCUT2D eigenvalue weighted by Crippen LogP contribution is 2.33. The summed E-state index contributed by atoms with van der Waals surface area (Å²) in [5.74, 6) is -1.47. The number of halogens is 2. The fraction of sp³-hybridized carbons (Fsp3) is 0.321. The molecule has 0 amide bonds. The van der Waals surface area contributed by atoms with Crippen LogP contribution in [0.25, 0.3) is 33.3 Å². The number of benzene rings is 2. The molecule has 38 heavy (non-hydrogen) atoms. The highest BCUT2D eigenvalue weighted by molar-refractivity contribution is 5.88. The Bertz CT molecular complexity index is 1560. The number of pyridine rings is 1. The van der Waals surface area contributed by atoms with Crippen LogP contribution in [0.4, 0.5) is 20.3 Å². The minimum atomic E-state index is -0.777. The molecule has 0 saturated carbocycles. The van der Waals surface area contributed by atoms with E-state index in [4.69, 9.17) is 10.5 Å². The number of ether oxygens (including phenoxy) is 1. The second kappa shape index (κ2) is 10.1. The first-order valence-electron chi connectivity index (χ1n) is 12.8. The number of nitrogens with one attached hydrogen (secondary N) is 1. The second-order valence-electron chi connectivity index (χ2n) is 9.75. The van der Waals surface area contributed by atoms with Crippen LogP contribution >= 0.6 is 0 Å². The zero-order valence-electron chi connectivity index (χ0n) is 20.8. The van der Waals surface area contributed by atoms with Crippen molar-refractivity contribution in [3.8, 4) is 22.5 Å². The minimum absolute atomic E-state index is 0.0666. The summed E-state index contributed by atoms with van der Waals surface area (Å²) in [5, 5.41) is 0.328. The Morgan fingerprint density at radius 2 is 1.66 bits per heavy atom. The van der Waals surface area contributed by atoms with Gasteiger partial charge >= 0.3 is 0 Å². The number of hydrogen-bond acceptors (Lipinski definition) is 7. The molecule has 0 unspecified atom stereocenters. The van der Waals surface area contributed by atoms with Gasteiger partial charge in [-0.15, -0.1) is 0 Å². The number of anilines is 2. The number of likely N-dealkylation sites (tertiary alicyclic amines) is 1. The Labute approximate surface area is 218 Å². The summed E-state index contributed by atoms with van der Waals surface area (Å²) in [5.41, 5.74) is 9.20. The molecule has 4 heterocycles. The Balaban J connectivity index is 1.43. The third-order valence-electron chi connectivity index (χ3n) is 7.30. The van der Waals surface area contributed by atoms with Crippen LogP contribution in [-0.2, 0) is 11.3 Å². The van der Waals surface area contributed by atoms with Crippen molar-refractivity contribution in [1.82, 2.24) is 19.9 Å². The van der Waals surface area contributed by atoms with Crippen LogP contribution in [0.15, 0.2) is 47.4 Å². The molecule has 2 aromatic carbocycles. The first-order chi connectivity index (χ1) is 18.5. The van der Waals surface area contributed by atoms with E-state index >= 15 is 4.39 Å². The highest BCUT2D eigenvalue weighted by atomic mass is 19.1. The lowest BCUT2D eigenvalue weighted by Gasteiger charge is -2.31. The molecule has 196 valence electrons. The molecular weight excluding hydrogens is 490 g/mol. The molecule has 10 heteroatoms. The quantitative estimate of drug-likeness (QED) is 0.413. The summed E-state index contributed by atoms with van der Waals surface area (Å²) < 4.78 is 35.2. The molecule has 6 rings (SSSR count). The largest absolute Gasteiger partial charge is 0.382 e. The smallest absolute Gasteiger partial charge is 0.256 e. The van der Waals surface area contributed by atoms with Crippen LogP contribution < -0.4 is 16.2 Å². The van der Waals surface area contributed by atoms with E-state index in [1.165, 1.54) is 25.0 Å². The van der Waals surface area contributed by atoms with Gasteiger partial charge in [-0.2, -0.15) is 9.37 Å². The molecule has 0 radical (unpaired) electrons.